The van der Waals surface area contributed by atoms with E-state index in [1.54, 1.807) is 0 Å². The molecule has 50 heavy (non-hydrogen) atoms. The quantitative estimate of drug-likeness (QED) is 0.227. The van der Waals surface area contributed by atoms with Gasteiger partial charge in [0.1, 0.15) is 0 Å². The van der Waals surface area contributed by atoms with Gasteiger partial charge >= 0.3 is 136 Å². The Morgan fingerprint density at radius 1 is 0.340 bits per heavy atom. The predicted molar refractivity (Wildman–Crippen MR) is 140 cm³/mol. The van der Waals surface area contributed by atoms with Crippen molar-refractivity contribution in [2.75, 3.05) is 0 Å². The minimum absolute atomic E-state index is 0. The summed E-state index contributed by atoms with van der Waals surface area (Å²) in [7, 11) is 0. The first-order valence-corrected chi connectivity index (χ1v) is 10.5. The van der Waals surface area contributed by atoms with Gasteiger partial charge in [-0.05, 0) is 24.0 Å². The van der Waals surface area contributed by atoms with Crippen LogP contribution >= 0.6 is 0 Å². The molecule has 0 fully saturated rings. The van der Waals surface area contributed by atoms with Crippen molar-refractivity contribution in [2.24, 2.45) is 0 Å². The van der Waals surface area contributed by atoms with Crippen LogP contribution in [0.3, 0.4) is 0 Å². The largest absolute Gasteiger partial charge is 0 e. The molecule has 0 amide bonds. The standard InChI is InChI=1S/C22H20.12CO.4Co/c1-2-4-12-18-22(20-15-9-6-10-16-20)21(17-11-3-1)19-13-7-5-8-14-19;12*1-2;;;;/h5-10,13-16,21-22H,1-4H2;;;;;;;;;;;;;;;;. The number of benzene rings is 2. The first kappa shape index (κ1) is 91.1. The molecule has 0 aromatic heterocycles. The van der Waals surface area contributed by atoms with Crippen molar-refractivity contribution in [1.82, 2.24) is 0 Å². The molecule has 0 spiro atoms. The Morgan fingerprint density at radius 3 is 0.700 bits per heavy atom. The van der Waals surface area contributed by atoms with E-state index in [2.05, 4.69) is 164 Å². The fraction of sp³-hybridized carbons (Fsp3) is 0.176. The molecule has 3 rings (SSSR count). The van der Waals surface area contributed by atoms with Crippen LogP contribution in [0.5, 0.6) is 0 Å². The van der Waals surface area contributed by atoms with Crippen molar-refractivity contribution >= 4 is 0 Å². The van der Waals surface area contributed by atoms with Gasteiger partial charge in [-0.15, -0.1) is 11.8 Å². The number of hydrogen-bond acceptors (Lipinski definition) is 0. The zero-order valence-corrected chi connectivity index (χ0v) is 29.2. The maximum absolute atomic E-state index is 7.50. The molecule has 0 N–H and O–H groups in total. The summed E-state index contributed by atoms with van der Waals surface area (Å²) in [4.78, 5) is 0. The molecular formula is C34H20Co4O12. The molecule has 2 aromatic carbocycles. The van der Waals surface area contributed by atoms with E-state index < -0.39 is 0 Å². The molecule has 0 bridgehead atoms. The van der Waals surface area contributed by atoms with Crippen molar-refractivity contribution < 1.29 is 123 Å². The van der Waals surface area contributed by atoms with E-state index >= 15 is 0 Å². The summed E-state index contributed by atoms with van der Waals surface area (Å²) in [5, 5.41) is 0. The van der Waals surface area contributed by atoms with Gasteiger partial charge < -0.3 is 0 Å². The van der Waals surface area contributed by atoms with Crippen molar-refractivity contribution in [3.05, 3.63) is 152 Å². The third-order valence-corrected chi connectivity index (χ3v) is 4.02. The topological polar surface area (TPSA) is 239 Å². The summed E-state index contributed by atoms with van der Waals surface area (Å²) >= 11 is 0. The molecule has 2 aromatic rings. The summed E-state index contributed by atoms with van der Waals surface area (Å²) in [6, 6.07) is 21.1. The van der Waals surface area contributed by atoms with Gasteiger partial charge in [0.2, 0.25) is 0 Å². The van der Waals surface area contributed by atoms with Crippen LogP contribution in [0.25, 0.3) is 0 Å². The van der Waals surface area contributed by atoms with Crippen LogP contribution in [0.4, 0.5) is 0 Å². The van der Waals surface area contributed by atoms with Gasteiger partial charge in [0.25, 0.3) is 0 Å². The van der Waals surface area contributed by atoms with Crippen LogP contribution in [-0.4, -0.2) is 0 Å². The molecule has 0 heterocycles. The minimum Gasteiger partial charge on any atom is 0 e. The van der Waals surface area contributed by atoms with E-state index in [1.807, 2.05) is 0 Å². The summed E-state index contributed by atoms with van der Waals surface area (Å²) in [6.07, 6.45) is 4.26. The van der Waals surface area contributed by atoms with Crippen LogP contribution in [0, 0.1) is 103 Å². The van der Waals surface area contributed by atoms with Crippen molar-refractivity contribution in [1.29, 1.82) is 0 Å². The molecule has 16 heteroatoms. The maximum Gasteiger partial charge on any atom is 0 e. The van der Waals surface area contributed by atoms with E-state index in [0.29, 0.717) is 0 Å². The van der Waals surface area contributed by atoms with Gasteiger partial charge in [-0.3, -0.25) is 0 Å². The second kappa shape index (κ2) is 128. The summed E-state index contributed by atoms with van der Waals surface area (Å²) in [5.41, 5.74) is 2.53. The molecule has 1 aliphatic rings. The van der Waals surface area contributed by atoms with E-state index in [4.69, 9.17) is 55.8 Å². The van der Waals surface area contributed by atoms with Crippen LogP contribution in [0.1, 0.15) is 48.6 Å². The number of hydrogen-bond donors (Lipinski definition) is 0. The van der Waals surface area contributed by atoms with Crippen LogP contribution < -0.4 is 0 Å². The third-order valence-electron chi connectivity index (χ3n) is 4.02. The minimum atomic E-state index is 0. The summed E-state index contributed by atoms with van der Waals surface area (Å²) < 4.78 is 90.0. The van der Waals surface area contributed by atoms with E-state index in [1.165, 1.54) is 11.1 Å². The SMILES string of the molecule is C1#CC(c2ccccc2)C(c2ccccc2)C#CCCCC1.[C-]#[O+].[C-]#[O+].[C-]#[O+].[C-]#[O+].[C-]#[O+].[C-]#[O+].[C-]#[O+].[C-]#[O+].[C-]#[O+].[C-]#[O+].[C-]#[O+].[C-]#[O+].[Co].[Co].[Co].[Co]. The Morgan fingerprint density at radius 2 is 0.520 bits per heavy atom. The second-order valence-electron chi connectivity index (χ2n) is 5.63. The van der Waals surface area contributed by atoms with Gasteiger partial charge in [-0.1, -0.05) is 72.5 Å². The third kappa shape index (κ3) is 66.8. The Bertz CT molecular complexity index is 1070. The van der Waals surface area contributed by atoms with Gasteiger partial charge in [-0.2, -0.15) is 0 Å². The van der Waals surface area contributed by atoms with Gasteiger partial charge in [0.15, 0.2) is 0 Å². The smallest absolute Gasteiger partial charge is 0 e. The van der Waals surface area contributed by atoms with E-state index in [0.717, 1.165) is 25.7 Å². The van der Waals surface area contributed by atoms with E-state index in [9.17, 15) is 0 Å². The average Bonchev–Trinajstić information content (AvgIpc) is 3.23. The molecule has 2 unspecified atom stereocenters. The number of rotatable bonds is 2. The molecule has 0 saturated heterocycles. The summed E-state index contributed by atoms with van der Waals surface area (Å²) in [6.45, 7) is 54.0. The van der Waals surface area contributed by atoms with Gasteiger partial charge in [-0.25, -0.2) is 0 Å². The molecule has 0 aliphatic heterocycles. The second-order valence-corrected chi connectivity index (χ2v) is 5.63. The van der Waals surface area contributed by atoms with Crippen molar-refractivity contribution in [3.8, 4) is 23.7 Å². The van der Waals surface area contributed by atoms with Gasteiger partial charge in [0.05, 0.1) is 11.8 Å². The molecule has 12 nitrogen and oxygen atoms in total. The maximum atomic E-state index is 7.50. The van der Waals surface area contributed by atoms with Crippen LogP contribution in [0.2, 0.25) is 0 Å². The first-order chi connectivity index (χ1) is 22.9. The zero-order chi connectivity index (χ0) is 39.0. The predicted octanol–water partition coefficient (Wildman–Crippen LogP) is 4.67. The fourth-order valence-electron chi connectivity index (χ4n) is 2.83. The Hall–Kier alpha value is -3.53. The average molecular weight is 856 g/mol. The summed E-state index contributed by atoms with van der Waals surface area (Å²) in [5.74, 6) is 14.1. The monoisotopic (exact) mass is 856 g/mol. The molecule has 4 radical (unpaired) electrons. The molecule has 2 atom stereocenters. The first-order valence-electron chi connectivity index (χ1n) is 10.5. The molecule has 0 saturated carbocycles. The molecule has 1 aliphatic carbocycles. The Balaban J connectivity index is -0.0000000332. The zero-order valence-electron chi connectivity index (χ0n) is 25.0. The fourth-order valence-corrected chi connectivity index (χ4v) is 2.83. The normalized spacial score (nSPS) is 9.68. The van der Waals surface area contributed by atoms with Gasteiger partial charge in [0, 0.05) is 80.0 Å². The van der Waals surface area contributed by atoms with Crippen molar-refractivity contribution in [3.63, 3.8) is 0 Å². The van der Waals surface area contributed by atoms with Crippen molar-refractivity contribution in [2.45, 2.75) is 37.5 Å². The van der Waals surface area contributed by atoms with Crippen LogP contribution in [0.15, 0.2) is 60.7 Å². The Labute approximate surface area is 333 Å². The van der Waals surface area contributed by atoms with E-state index in [-0.39, 0.29) is 79.0 Å². The Kier molecular flexibility index (Phi) is 234. The van der Waals surface area contributed by atoms with Crippen LogP contribution in [-0.2, 0) is 123 Å². The molecular weight excluding hydrogens is 836 g/mol. The molecule has 264 valence electrons.